The minimum absolute atomic E-state index is 0.170. The van der Waals surface area contributed by atoms with Crippen LogP contribution in [0.3, 0.4) is 0 Å². The molecule has 0 aliphatic carbocycles. The Morgan fingerprint density at radius 2 is 1.68 bits per heavy atom. The molecular weight excluding hydrogens is 418 g/mol. The van der Waals surface area contributed by atoms with Crippen LogP contribution in [0.5, 0.6) is 5.75 Å². The fourth-order valence-electron chi connectivity index (χ4n) is 3.16. The average Bonchev–Trinajstić information content (AvgIpc) is 2.77. The summed E-state index contributed by atoms with van der Waals surface area (Å²) in [6, 6.07) is 20.6. The number of anilines is 3. The van der Waals surface area contributed by atoms with Crippen molar-refractivity contribution in [2.24, 2.45) is 0 Å². The lowest BCUT2D eigenvalue weighted by Crippen LogP contribution is -2.43. The normalized spacial score (nSPS) is 12.5. The van der Waals surface area contributed by atoms with E-state index >= 15 is 0 Å². The summed E-state index contributed by atoms with van der Waals surface area (Å²) < 4.78 is 5.47. The number of hydrogen-bond donors (Lipinski definition) is 2. The van der Waals surface area contributed by atoms with Gasteiger partial charge in [-0.2, -0.15) is 0 Å². The van der Waals surface area contributed by atoms with Crippen LogP contribution in [-0.2, 0) is 9.59 Å². The third-order valence-electron chi connectivity index (χ3n) is 4.64. The molecule has 0 atom stereocenters. The van der Waals surface area contributed by atoms with E-state index in [1.165, 1.54) is 4.90 Å². The number of carbonyl (C=O) groups excluding carboxylic acids is 3. The predicted octanol–water partition coefficient (Wildman–Crippen LogP) is 3.96. The highest BCUT2D eigenvalue weighted by molar-refractivity contribution is 6.34. The number of nitrogens with one attached hydrogen (secondary N) is 2. The van der Waals surface area contributed by atoms with E-state index in [0.717, 1.165) is 0 Å². The molecule has 0 fully saturated rings. The largest absolute Gasteiger partial charge is 0.482 e. The zero-order valence-corrected chi connectivity index (χ0v) is 17.1. The molecule has 3 amide bonds. The lowest BCUT2D eigenvalue weighted by Gasteiger charge is -2.29. The van der Waals surface area contributed by atoms with Gasteiger partial charge in [-0.3, -0.25) is 19.3 Å². The number of halogens is 1. The molecule has 31 heavy (non-hydrogen) atoms. The van der Waals surface area contributed by atoms with Crippen molar-refractivity contribution < 1.29 is 19.1 Å². The molecule has 1 aliphatic rings. The first-order valence-electron chi connectivity index (χ1n) is 9.49. The highest BCUT2D eigenvalue weighted by Gasteiger charge is 2.28. The Hall–Kier alpha value is -3.84. The van der Waals surface area contributed by atoms with Gasteiger partial charge in [-0.05, 0) is 42.5 Å². The molecule has 8 heteroatoms. The Morgan fingerprint density at radius 1 is 0.935 bits per heavy atom. The average molecular weight is 436 g/mol. The van der Waals surface area contributed by atoms with Crippen LogP contribution >= 0.6 is 11.6 Å². The predicted molar refractivity (Wildman–Crippen MR) is 119 cm³/mol. The standard InChI is InChI=1S/C23H18ClN3O4/c24-18-9-5-4-8-17(18)23(30)26-16-10-11-20-19(12-16)27(22(29)14-31-20)13-21(28)25-15-6-2-1-3-7-15/h1-12H,13-14H2,(H,25,28)(H,26,30). The topological polar surface area (TPSA) is 87.7 Å². The third-order valence-corrected chi connectivity index (χ3v) is 4.97. The number of nitrogens with zero attached hydrogens (tertiary/aromatic N) is 1. The molecule has 7 nitrogen and oxygen atoms in total. The highest BCUT2D eigenvalue weighted by atomic mass is 35.5. The van der Waals surface area contributed by atoms with Crippen molar-refractivity contribution in [3.8, 4) is 5.75 Å². The number of carbonyl (C=O) groups is 3. The van der Waals surface area contributed by atoms with Gasteiger partial charge in [-0.15, -0.1) is 0 Å². The van der Waals surface area contributed by atoms with E-state index < -0.39 is 0 Å². The van der Waals surface area contributed by atoms with Crippen LogP contribution in [0.25, 0.3) is 0 Å². The summed E-state index contributed by atoms with van der Waals surface area (Å²) in [6.07, 6.45) is 0. The second-order valence-electron chi connectivity index (χ2n) is 6.80. The Bertz CT molecular complexity index is 1150. The van der Waals surface area contributed by atoms with Crippen molar-refractivity contribution >= 4 is 46.4 Å². The minimum atomic E-state index is -0.387. The molecule has 0 unspecified atom stereocenters. The zero-order chi connectivity index (χ0) is 21.8. The zero-order valence-electron chi connectivity index (χ0n) is 16.3. The molecule has 156 valence electrons. The van der Waals surface area contributed by atoms with Crippen molar-refractivity contribution in [1.82, 2.24) is 0 Å². The summed E-state index contributed by atoms with van der Waals surface area (Å²) in [5.41, 5.74) is 1.80. The summed E-state index contributed by atoms with van der Waals surface area (Å²) in [5.74, 6) is -0.645. The van der Waals surface area contributed by atoms with Crippen molar-refractivity contribution in [2.75, 3.05) is 28.7 Å². The van der Waals surface area contributed by atoms with Crippen molar-refractivity contribution in [1.29, 1.82) is 0 Å². The van der Waals surface area contributed by atoms with Gasteiger partial charge < -0.3 is 15.4 Å². The molecule has 0 saturated carbocycles. The SMILES string of the molecule is O=C(CN1C(=O)COc2ccc(NC(=O)c3ccccc3Cl)cc21)Nc1ccccc1. The summed E-state index contributed by atoms with van der Waals surface area (Å²) in [4.78, 5) is 38.8. The maximum Gasteiger partial charge on any atom is 0.265 e. The lowest BCUT2D eigenvalue weighted by molar-refractivity contribution is -0.123. The van der Waals surface area contributed by atoms with Crippen LogP contribution in [0.15, 0.2) is 72.8 Å². The van der Waals surface area contributed by atoms with Crippen LogP contribution in [0.2, 0.25) is 5.02 Å². The van der Waals surface area contributed by atoms with Crippen LogP contribution in [0.4, 0.5) is 17.1 Å². The first-order valence-corrected chi connectivity index (χ1v) is 9.87. The quantitative estimate of drug-likeness (QED) is 0.635. The Labute approximate surface area is 183 Å². The van der Waals surface area contributed by atoms with Crippen LogP contribution in [-0.4, -0.2) is 30.9 Å². The van der Waals surface area contributed by atoms with E-state index in [2.05, 4.69) is 10.6 Å². The van der Waals surface area contributed by atoms with E-state index in [1.807, 2.05) is 6.07 Å². The molecule has 2 N–H and O–H groups in total. The maximum atomic E-state index is 12.6. The molecule has 0 saturated heterocycles. The maximum absolute atomic E-state index is 12.6. The van der Waals surface area contributed by atoms with E-state index in [0.29, 0.717) is 33.4 Å². The van der Waals surface area contributed by atoms with Gasteiger partial charge in [0.25, 0.3) is 11.8 Å². The Balaban J connectivity index is 1.54. The van der Waals surface area contributed by atoms with Gasteiger partial charge in [-0.25, -0.2) is 0 Å². The van der Waals surface area contributed by atoms with E-state index in [4.69, 9.17) is 16.3 Å². The van der Waals surface area contributed by atoms with Gasteiger partial charge in [0.1, 0.15) is 12.3 Å². The molecule has 0 radical (unpaired) electrons. The van der Waals surface area contributed by atoms with Crippen molar-refractivity contribution in [2.45, 2.75) is 0 Å². The number of para-hydroxylation sites is 1. The Morgan fingerprint density at radius 3 is 2.45 bits per heavy atom. The second-order valence-corrected chi connectivity index (χ2v) is 7.21. The second kappa shape index (κ2) is 8.89. The highest BCUT2D eigenvalue weighted by Crippen LogP contribution is 2.34. The lowest BCUT2D eigenvalue weighted by atomic mass is 10.1. The van der Waals surface area contributed by atoms with Gasteiger partial charge in [0.05, 0.1) is 16.3 Å². The number of rotatable bonds is 5. The van der Waals surface area contributed by atoms with Gasteiger partial charge in [-0.1, -0.05) is 41.9 Å². The van der Waals surface area contributed by atoms with Crippen LogP contribution in [0, 0.1) is 0 Å². The Kier molecular flexibility index (Phi) is 5.86. The van der Waals surface area contributed by atoms with Crippen LogP contribution < -0.4 is 20.3 Å². The van der Waals surface area contributed by atoms with Gasteiger partial charge in [0, 0.05) is 11.4 Å². The molecular formula is C23H18ClN3O4. The van der Waals surface area contributed by atoms with Crippen LogP contribution in [0.1, 0.15) is 10.4 Å². The van der Waals surface area contributed by atoms with Gasteiger partial charge in [0.15, 0.2) is 6.61 Å². The first kappa shape index (κ1) is 20.4. The molecule has 0 bridgehead atoms. The molecule has 1 aliphatic heterocycles. The summed E-state index contributed by atoms with van der Waals surface area (Å²) >= 11 is 6.09. The molecule has 0 spiro atoms. The first-order chi connectivity index (χ1) is 15.0. The monoisotopic (exact) mass is 435 g/mol. The van der Waals surface area contributed by atoms with E-state index in [9.17, 15) is 14.4 Å². The molecule has 3 aromatic carbocycles. The van der Waals surface area contributed by atoms with Crippen molar-refractivity contribution in [3.63, 3.8) is 0 Å². The summed E-state index contributed by atoms with van der Waals surface area (Å²) in [6.45, 7) is -0.358. The molecule has 0 aromatic heterocycles. The van der Waals surface area contributed by atoms with E-state index in [-0.39, 0.29) is 30.9 Å². The van der Waals surface area contributed by atoms with E-state index in [1.54, 1.807) is 66.7 Å². The molecule has 1 heterocycles. The summed E-state index contributed by atoms with van der Waals surface area (Å²) in [7, 11) is 0. The number of fused-ring (bicyclic) bond motifs is 1. The smallest absolute Gasteiger partial charge is 0.265 e. The van der Waals surface area contributed by atoms with Crippen molar-refractivity contribution in [3.05, 3.63) is 83.4 Å². The minimum Gasteiger partial charge on any atom is -0.482 e. The third kappa shape index (κ3) is 4.67. The number of benzene rings is 3. The van der Waals surface area contributed by atoms with Gasteiger partial charge in [0.2, 0.25) is 5.91 Å². The fourth-order valence-corrected chi connectivity index (χ4v) is 3.38. The molecule has 3 aromatic rings. The number of ether oxygens (including phenoxy) is 1. The fraction of sp³-hybridized carbons (Fsp3) is 0.0870. The summed E-state index contributed by atoms with van der Waals surface area (Å²) in [5, 5.41) is 5.85. The van der Waals surface area contributed by atoms with Gasteiger partial charge >= 0.3 is 0 Å². The number of hydrogen-bond acceptors (Lipinski definition) is 4. The molecule has 4 rings (SSSR count). The number of amides is 3.